The van der Waals surface area contributed by atoms with Gasteiger partial charge in [0.1, 0.15) is 17.5 Å². The molecule has 0 saturated heterocycles. The highest BCUT2D eigenvalue weighted by Crippen LogP contribution is 2.26. The maximum absolute atomic E-state index is 12.3. The lowest BCUT2D eigenvalue weighted by Gasteiger charge is -2.29. The number of nitriles is 1. The Labute approximate surface area is 157 Å². The fourth-order valence-corrected chi connectivity index (χ4v) is 3.80. The summed E-state index contributed by atoms with van der Waals surface area (Å²) in [6, 6.07) is 2.24. The van der Waals surface area contributed by atoms with Gasteiger partial charge in [0, 0.05) is 12.1 Å². The number of hydrogen-bond donors (Lipinski definition) is 3. The van der Waals surface area contributed by atoms with Gasteiger partial charge in [-0.3, -0.25) is 0 Å². The van der Waals surface area contributed by atoms with E-state index in [-0.39, 0.29) is 18.2 Å². The second kappa shape index (κ2) is 9.24. The molecule has 2 aliphatic carbocycles. The van der Waals surface area contributed by atoms with Gasteiger partial charge < -0.3 is 20.5 Å². The Hall–Kier alpha value is -2.05. The summed E-state index contributed by atoms with van der Waals surface area (Å²) in [7, 11) is 0. The first-order chi connectivity index (χ1) is 13.0. The molecule has 0 aliphatic heterocycles. The van der Waals surface area contributed by atoms with E-state index in [1.807, 2.05) is 0 Å². The van der Waals surface area contributed by atoms with Crippen LogP contribution in [0.5, 0.6) is 0 Å². The lowest BCUT2D eigenvalue weighted by Crippen LogP contribution is -2.32. The van der Waals surface area contributed by atoms with Gasteiger partial charge in [0.25, 0.3) is 0 Å². The van der Waals surface area contributed by atoms with Crippen LogP contribution in [0.2, 0.25) is 0 Å². The summed E-state index contributed by atoms with van der Waals surface area (Å²) in [5, 5.41) is 25.6. The van der Waals surface area contributed by atoms with Gasteiger partial charge in [-0.1, -0.05) is 0 Å². The highest BCUT2D eigenvalue weighted by atomic mass is 19.3. The van der Waals surface area contributed by atoms with E-state index in [0.29, 0.717) is 49.4 Å². The zero-order valence-electron chi connectivity index (χ0n) is 15.1. The second-order valence-corrected chi connectivity index (χ2v) is 7.24. The van der Waals surface area contributed by atoms with Crippen LogP contribution < -0.4 is 10.6 Å². The standard InChI is InChI=1S/C18H25F2N5O2/c19-17(20)27-15-6-4-12(5-7-15)24-18-22-10-11(9-21)16(25-18)23-13-2-1-3-14(26)8-13/h10,12-15,17,26H,1-8H2,(H2,22,23,24,25)/t12-,13-,14-,15-/m1/s1. The molecule has 148 valence electrons. The van der Waals surface area contributed by atoms with Crippen LogP contribution in [0.3, 0.4) is 0 Å². The Kier molecular flexibility index (Phi) is 6.74. The molecule has 1 aromatic rings. The predicted octanol–water partition coefficient (Wildman–Crippen LogP) is 3.03. The third-order valence-electron chi connectivity index (χ3n) is 5.20. The number of alkyl halides is 2. The van der Waals surface area contributed by atoms with Crippen LogP contribution in [-0.4, -0.2) is 46.0 Å². The first-order valence-electron chi connectivity index (χ1n) is 9.45. The molecule has 1 aromatic heterocycles. The van der Waals surface area contributed by atoms with Crippen molar-refractivity contribution >= 4 is 11.8 Å². The summed E-state index contributed by atoms with van der Waals surface area (Å²) in [6.45, 7) is -2.73. The molecule has 27 heavy (non-hydrogen) atoms. The molecular formula is C18H25F2N5O2. The molecule has 3 N–H and O–H groups in total. The summed E-state index contributed by atoms with van der Waals surface area (Å²) in [4.78, 5) is 8.63. The average Bonchev–Trinajstić information content (AvgIpc) is 2.63. The van der Waals surface area contributed by atoms with Crippen molar-refractivity contribution < 1.29 is 18.6 Å². The number of aliphatic hydroxyl groups excluding tert-OH is 1. The van der Waals surface area contributed by atoms with Crippen molar-refractivity contribution in [3.05, 3.63) is 11.8 Å². The van der Waals surface area contributed by atoms with Gasteiger partial charge in [0.05, 0.1) is 18.4 Å². The van der Waals surface area contributed by atoms with E-state index >= 15 is 0 Å². The van der Waals surface area contributed by atoms with E-state index in [0.717, 1.165) is 19.3 Å². The number of ether oxygens (including phenoxy) is 1. The fraction of sp³-hybridized carbons (Fsp3) is 0.722. The van der Waals surface area contributed by atoms with Crippen molar-refractivity contribution in [3.8, 4) is 6.07 Å². The summed E-state index contributed by atoms with van der Waals surface area (Å²) in [5.41, 5.74) is 0.356. The minimum Gasteiger partial charge on any atom is -0.393 e. The number of nitrogens with one attached hydrogen (secondary N) is 2. The Morgan fingerprint density at radius 1 is 1.15 bits per heavy atom. The number of rotatable bonds is 6. The van der Waals surface area contributed by atoms with E-state index in [4.69, 9.17) is 0 Å². The Bertz CT molecular complexity index is 662. The molecule has 2 fully saturated rings. The third-order valence-corrected chi connectivity index (χ3v) is 5.20. The van der Waals surface area contributed by atoms with Crippen LogP contribution in [0.4, 0.5) is 20.5 Å². The normalized spacial score (nSPS) is 28.6. The number of hydrogen-bond acceptors (Lipinski definition) is 7. The average molecular weight is 381 g/mol. The monoisotopic (exact) mass is 381 g/mol. The number of anilines is 2. The van der Waals surface area contributed by atoms with Gasteiger partial charge in [0.15, 0.2) is 0 Å². The van der Waals surface area contributed by atoms with Crippen molar-refractivity contribution in [1.29, 1.82) is 5.26 Å². The maximum Gasteiger partial charge on any atom is 0.345 e. The van der Waals surface area contributed by atoms with E-state index in [1.54, 1.807) is 0 Å². The maximum atomic E-state index is 12.3. The highest BCUT2D eigenvalue weighted by Gasteiger charge is 2.25. The van der Waals surface area contributed by atoms with Gasteiger partial charge in [-0.25, -0.2) is 4.98 Å². The quantitative estimate of drug-likeness (QED) is 0.696. The van der Waals surface area contributed by atoms with Crippen LogP contribution >= 0.6 is 0 Å². The molecule has 7 nitrogen and oxygen atoms in total. The first kappa shape index (κ1) is 19.7. The van der Waals surface area contributed by atoms with Gasteiger partial charge in [-0.15, -0.1) is 0 Å². The molecule has 0 radical (unpaired) electrons. The van der Waals surface area contributed by atoms with Crippen LogP contribution in [0.25, 0.3) is 0 Å². The minimum atomic E-state index is -2.73. The lowest BCUT2D eigenvalue weighted by atomic mass is 9.93. The topological polar surface area (TPSA) is 103 Å². The van der Waals surface area contributed by atoms with Crippen molar-refractivity contribution in [1.82, 2.24) is 9.97 Å². The van der Waals surface area contributed by atoms with Crippen molar-refractivity contribution in [2.24, 2.45) is 0 Å². The first-order valence-corrected chi connectivity index (χ1v) is 9.45. The fourth-order valence-electron chi connectivity index (χ4n) is 3.80. The molecule has 0 unspecified atom stereocenters. The third kappa shape index (κ3) is 5.71. The van der Waals surface area contributed by atoms with Gasteiger partial charge in [0.2, 0.25) is 5.95 Å². The van der Waals surface area contributed by atoms with Crippen LogP contribution in [-0.2, 0) is 4.74 Å². The molecule has 1 heterocycles. The zero-order chi connectivity index (χ0) is 19.2. The predicted molar refractivity (Wildman–Crippen MR) is 95.4 cm³/mol. The van der Waals surface area contributed by atoms with E-state index in [2.05, 4.69) is 31.4 Å². The van der Waals surface area contributed by atoms with Crippen molar-refractivity contribution in [2.75, 3.05) is 10.6 Å². The van der Waals surface area contributed by atoms with Gasteiger partial charge in [-0.2, -0.15) is 19.0 Å². The van der Waals surface area contributed by atoms with Gasteiger partial charge in [-0.05, 0) is 51.4 Å². The number of nitrogens with zero attached hydrogens (tertiary/aromatic N) is 3. The zero-order valence-corrected chi connectivity index (χ0v) is 15.1. The van der Waals surface area contributed by atoms with Crippen LogP contribution in [0, 0.1) is 11.3 Å². The molecule has 0 amide bonds. The highest BCUT2D eigenvalue weighted by molar-refractivity contribution is 5.54. The Morgan fingerprint density at radius 2 is 1.93 bits per heavy atom. The van der Waals surface area contributed by atoms with E-state index < -0.39 is 12.7 Å². The molecule has 2 atom stereocenters. The van der Waals surface area contributed by atoms with Gasteiger partial charge >= 0.3 is 6.61 Å². The summed E-state index contributed by atoms with van der Waals surface area (Å²) < 4.78 is 29.2. The Morgan fingerprint density at radius 3 is 2.59 bits per heavy atom. The summed E-state index contributed by atoms with van der Waals surface area (Å²) in [5.74, 6) is 0.870. The number of aliphatic hydroxyl groups is 1. The smallest absolute Gasteiger partial charge is 0.345 e. The van der Waals surface area contributed by atoms with Crippen LogP contribution in [0.15, 0.2) is 6.20 Å². The van der Waals surface area contributed by atoms with Crippen LogP contribution in [0.1, 0.15) is 56.9 Å². The number of aromatic nitrogens is 2. The van der Waals surface area contributed by atoms with E-state index in [1.165, 1.54) is 6.20 Å². The molecule has 0 aromatic carbocycles. The van der Waals surface area contributed by atoms with Crippen molar-refractivity contribution in [2.45, 2.75) is 82.3 Å². The molecule has 2 aliphatic rings. The summed E-state index contributed by atoms with van der Waals surface area (Å²) >= 11 is 0. The summed E-state index contributed by atoms with van der Waals surface area (Å²) in [6.07, 6.45) is 6.53. The molecule has 0 spiro atoms. The van der Waals surface area contributed by atoms with Crippen molar-refractivity contribution in [3.63, 3.8) is 0 Å². The SMILES string of the molecule is N#Cc1cnc(N[C@H]2CC[C@H](OC(F)F)CC2)nc1N[C@@H]1CCC[C@@H](O)C1. The molecule has 9 heteroatoms. The molecule has 2 saturated carbocycles. The lowest BCUT2D eigenvalue weighted by molar-refractivity contribution is -0.169. The Balaban J connectivity index is 1.59. The molecular weight excluding hydrogens is 356 g/mol. The molecule has 3 rings (SSSR count). The number of halogens is 2. The molecule has 0 bridgehead atoms. The largest absolute Gasteiger partial charge is 0.393 e. The minimum absolute atomic E-state index is 0.0746. The van der Waals surface area contributed by atoms with E-state index in [9.17, 15) is 19.1 Å². The second-order valence-electron chi connectivity index (χ2n) is 7.24.